The maximum absolute atomic E-state index is 13.3. The highest BCUT2D eigenvalue weighted by atomic mass is 16.5. The van der Waals surface area contributed by atoms with Gasteiger partial charge in [0, 0.05) is 23.4 Å². The molecule has 0 aliphatic carbocycles. The molecule has 8 nitrogen and oxygen atoms in total. The summed E-state index contributed by atoms with van der Waals surface area (Å²) in [7, 11) is 1.58. The number of amides is 1. The first-order chi connectivity index (χ1) is 16.4. The second-order valence-electron chi connectivity index (χ2n) is 8.11. The van der Waals surface area contributed by atoms with E-state index >= 15 is 0 Å². The fourth-order valence-electron chi connectivity index (χ4n) is 3.77. The number of rotatable bonds is 7. The van der Waals surface area contributed by atoms with Gasteiger partial charge in [-0.25, -0.2) is 0 Å². The number of ether oxygens (including phenoxy) is 1. The minimum Gasteiger partial charge on any atom is -0.496 e. The molecule has 0 saturated heterocycles. The second-order valence-corrected chi connectivity index (χ2v) is 8.11. The Morgan fingerprint density at radius 3 is 2.56 bits per heavy atom. The largest absolute Gasteiger partial charge is 0.496 e. The van der Waals surface area contributed by atoms with Crippen LogP contribution in [0.3, 0.4) is 0 Å². The van der Waals surface area contributed by atoms with Crippen molar-refractivity contribution in [3.8, 4) is 28.6 Å². The molecule has 1 amide bonds. The molecule has 0 saturated carbocycles. The van der Waals surface area contributed by atoms with Crippen LogP contribution in [0.5, 0.6) is 5.75 Å². The molecule has 0 radical (unpaired) electrons. The van der Waals surface area contributed by atoms with Crippen molar-refractivity contribution in [2.24, 2.45) is 0 Å². The molecular weight excluding hydrogens is 432 g/mol. The summed E-state index contributed by atoms with van der Waals surface area (Å²) in [5.74, 6) is 0.919. The molecule has 174 valence electrons. The van der Waals surface area contributed by atoms with Crippen molar-refractivity contribution in [1.82, 2.24) is 20.0 Å². The van der Waals surface area contributed by atoms with Crippen LogP contribution in [0.1, 0.15) is 22.4 Å². The Hall–Kier alpha value is -4.20. The van der Waals surface area contributed by atoms with Gasteiger partial charge in [-0.3, -0.25) is 9.59 Å². The lowest BCUT2D eigenvalue weighted by Gasteiger charge is -2.14. The summed E-state index contributed by atoms with van der Waals surface area (Å²) in [6.45, 7) is 5.75. The highest BCUT2D eigenvalue weighted by Crippen LogP contribution is 2.23. The van der Waals surface area contributed by atoms with Gasteiger partial charge in [-0.05, 0) is 38.5 Å². The van der Waals surface area contributed by atoms with Crippen molar-refractivity contribution >= 4 is 5.91 Å². The van der Waals surface area contributed by atoms with Crippen LogP contribution in [-0.4, -0.2) is 27.7 Å². The van der Waals surface area contributed by atoms with E-state index in [2.05, 4.69) is 15.5 Å². The predicted octanol–water partition coefficient (Wildman–Crippen LogP) is 3.82. The summed E-state index contributed by atoms with van der Waals surface area (Å²) in [5.41, 5.74) is 4.05. The second kappa shape index (κ2) is 9.74. The van der Waals surface area contributed by atoms with Gasteiger partial charge in [0.05, 0.1) is 7.11 Å². The molecule has 34 heavy (non-hydrogen) atoms. The number of hydrogen-bond acceptors (Lipinski definition) is 6. The molecule has 8 heteroatoms. The van der Waals surface area contributed by atoms with Crippen LogP contribution >= 0.6 is 0 Å². The number of aryl methyl sites for hydroxylation is 3. The lowest BCUT2D eigenvalue weighted by atomic mass is 10.1. The molecule has 2 heterocycles. The zero-order chi connectivity index (χ0) is 24.2. The van der Waals surface area contributed by atoms with Crippen LogP contribution in [0.2, 0.25) is 0 Å². The van der Waals surface area contributed by atoms with E-state index in [0.29, 0.717) is 29.4 Å². The Morgan fingerprint density at radius 1 is 1.09 bits per heavy atom. The van der Waals surface area contributed by atoms with E-state index in [0.717, 1.165) is 16.7 Å². The number of pyridine rings is 1. The number of para-hydroxylation sites is 1. The van der Waals surface area contributed by atoms with Gasteiger partial charge in [0.1, 0.15) is 17.9 Å². The maximum Gasteiger partial charge on any atom is 0.264 e. The number of nitrogens with zero attached hydrogens (tertiary/aromatic N) is 3. The first-order valence-corrected chi connectivity index (χ1v) is 10.9. The molecule has 2 aromatic carbocycles. The van der Waals surface area contributed by atoms with E-state index in [9.17, 15) is 9.59 Å². The SMILES string of the molecule is COc1ccccc1CNC(=O)Cn1c(C)cc(C)c(-c2nc(-c3ccc(C)cc3)no2)c1=O. The van der Waals surface area contributed by atoms with E-state index in [-0.39, 0.29) is 29.5 Å². The Kier molecular flexibility index (Phi) is 6.58. The molecule has 0 aliphatic rings. The van der Waals surface area contributed by atoms with E-state index in [1.54, 1.807) is 14.0 Å². The van der Waals surface area contributed by atoms with Gasteiger partial charge < -0.3 is 19.1 Å². The van der Waals surface area contributed by atoms with Crippen molar-refractivity contribution in [3.05, 3.63) is 87.3 Å². The van der Waals surface area contributed by atoms with Crippen molar-refractivity contribution in [1.29, 1.82) is 0 Å². The Morgan fingerprint density at radius 2 is 1.82 bits per heavy atom. The van der Waals surface area contributed by atoms with Gasteiger partial charge in [-0.1, -0.05) is 53.2 Å². The highest BCUT2D eigenvalue weighted by Gasteiger charge is 2.20. The lowest BCUT2D eigenvalue weighted by molar-refractivity contribution is -0.121. The van der Waals surface area contributed by atoms with Crippen molar-refractivity contribution < 1.29 is 14.1 Å². The fourth-order valence-corrected chi connectivity index (χ4v) is 3.77. The zero-order valence-corrected chi connectivity index (χ0v) is 19.6. The van der Waals surface area contributed by atoms with E-state index < -0.39 is 0 Å². The molecule has 0 unspecified atom stereocenters. The monoisotopic (exact) mass is 458 g/mol. The number of carbonyl (C=O) groups is 1. The van der Waals surface area contributed by atoms with Gasteiger partial charge in [0.2, 0.25) is 11.7 Å². The molecule has 0 fully saturated rings. The maximum atomic E-state index is 13.3. The summed E-state index contributed by atoms with van der Waals surface area (Å²) < 4.78 is 12.2. The minimum atomic E-state index is -0.357. The van der Waals surface area contributed by atoms with E-state index in [1.165, 1.54) is 4.57 Å². The van der Waals surface area contributed by atoms with Gasteiger partial charge in [0.15, 0.2) is 0 Å². The standard InChI is InChI=1S/C26H26N4O4/c1-16-9-11-19(12-10-16)24-28-25(34-29-24)23-17(2)13-18(3)30(26(23)32)15-22(31)27-14-20-7-5-6-8-21(20)33-4/h5-13H,14-15H2,1-4H3,(H,27,31). The zero-order valence-electron chi connectivity index (χ0n) is 19.6. The summed E-state index contributed by atoms with van der Waals surface area (Å²) in [6, 6.07) is 17.0. The van der Waals surface area contributed by atoms with Crippen LogP contribution in [-0.2, 0) is 17.9 Å². The average Bonchev–Trinajstić information content (AvgIpc) is 3.30. The highest BCUT2D eigenvalue weighted by molar-refractivity contribution is 5.76. The third-order valence-electron chi connectivity index (χ3n) is 5.62. The summed E-state index contributed by atoms with van der Waals surface area (Å²) in [6.07, 6.45) is 0. The quantitative estimate of drug-likeness (QED) is 0.452. The Balaban J connectivity index is 1.58. The fraction of sp³-hybridized carbons (Fsp3) is 0.231. The molecule has 0 aliphatic heterocycles. The minimum absolute atomic E-state index is 0.126. The van der Waals surface area contributed by atoms with Gasteiger partial charge in [0.25, 0.3) is 11.4 Å². The van der Waals surface area contributed by atoms with Crippen molar-refractivity contribution in [2.75, 3.05) is 7.11 Å². The van der Waals surface area contributed by atoms with Crippen LogP contribution in [0.25, 0.3) is 22.8 Å². The molecule has 1 N–H and O–H groups in total. The van der Waals surface area contributed by atoms with Gasteiger partial charge >= 0.3 is 0 Å². The van der Waals surface area contributed by atoms with E-state index in [4.69, 9.17) is 9.26 Å². The molecule has 0 atom stereocenters. The number of benzene rings is 2. The third-order valence-corrected chi connectivity index (χ3v) is 5.62. The van der Waals surface area contributed by atoms with Crippen LogP contribution in [0.4, 0.5) is 0 Å². The van der Waals surface area contributed by atoms with Crippen LogP contribution < -0.4 is 15.6 Å². The van der Waals surface area contributed by atoms with E-state index in [1.807, 2.05) is 68.4 Å². The molecule has 4 aromatic rings. The molecular formula is C26H26N4O4. The summed E-state index contributed by atoms with van der Waals surface area (Å²) >= 11 is 0. The number of aromatic nitrogens is 3. The first-order valence-electron chi connectivity index (χ1n) is 10.9. The average molecular weight is 459 g/mol. The normalized spacial score (nSPS) is 10.8. The van der Waals surface area contributed by atoms with Crippen LogP contribution in [0.15, 0.2) is 63.9 Å². The summed E-state index contributed by atoms with van der Waals surface area (Å²) in [4.78, 5) is 30.5. The van der Waals surface area contributed by atoms with Gasteiger partial charge in [-0.15, -0.1) is 0 Å². The molecule has 0 spiro atoms. The van der Waals surface area contributed by atoms with Crippen molar-refractivity contribution in [3.63, 3.8) is 0 Å². The van der Waals surface area contributed by atoms with Crippen molar-refractivity contribution in [2.45, 2.75) is 33.9 Å². The number of methoxy groups -OCH3 is 1. The molecule has 2 aromatic heterocycles. The first kappa shape index (κ1) is 23.0. The van der Waals surface area contributed by atoms with Gasteiger partial charge in [-0.2, -0.15) is 4.98 Å². The van der Waals surface area contributed by atoms with Crippen LogP contribution in [0, 0.1) is 20.8 Å². The third kappa shape index (κ3) is 4.76. The molecule has 4 rings (SSSR count). The number of nitrogens with one attached hydrogen (secondary N) is 1. The smallest absolute Gasteiger partial charge is 0.264 e. The Labute approximate surface area is 197 Å². The number of carbonyl (C=O) groups excluding carboxylic acids is 1. The summed E-state index contributed by atoms with van der Waals surface area (Å²) in [5, 5.41) is 6.89. The predicted molar refractivity (Wildman–Crippen MR) is 128 cm³/mol. The lowest BCUT2D eigenvalue weighted by Crippen LogP contribution is -2.34. The number of hydrogen-bond donors (Lipinski definition) is 1. The topological polar surface area (TPSA) is 99.2 Å². The molecule has 0 bridgehead atoms. The Bertz CT molecular complexity index is 1390.